The zero-order valence-electron chi connectivity index (χ0n) is 15.7. The van der Waals surface area contributed by atoms with Crippen molar-refractivity contribution in [3.8, 4) is 0 Å². The number of hydrogen-bond acceptors (Lipinski definition) is 3. The van der Waals surface area contributed by atoms with Gasteiger partial charge in [0.15, 0.2) is 0 Å². The molecule has 0 fully saturated rings. The summed E-state index contributed by atoms with van der Waals surface area (Å²) in [4.78, 5) is 24.5. The number of benzene rings is 3. The molecule has 0 saturated heterocycles. The van der Waals surface area contributed by atoms with Crippen molar-refractivity contribution in [3.05, 3.63) is 98.5 Å². The first kappa shape index (κ1) is 21.8. The Morgan fingerprint density at radius 3 is 2.00 bits per heavy atom. The molecule has 0 aliphatic carbocycles. The second-order valence-electron chi connectivity index (χ2n) is 6.30. The van der Waals surface area contributed by atoms with Crippen molar-refractivity contribution in [2.45, 2.75) is 6.92 Å². The molecule has 8 heteroatoms. The fourth-order valence-corrected chi connectivity index (χ4v) is 3.15. The number of rotatable bonds is 5. The number of amides is 2. The largest absolute Gasteiger partial charge is 0.322 e. The number of carbonyl (C=O) groups excluding carboxylic acids is 2. The maximum absolute atomic E-state index is 12.3. The van der Waals surface area contributed by atoms with Crippen LogP contribution in [0.4, 0.5) is 5.69 Å². The maximum Gasteiger partial charge on any atom is 0.272 e. The molecule has 2 N–H and O–H groups in total. The fourth-order valence-electron chi connectivity index (χ4n) is 2.53. The van der Waals surface area contributed by atoms with Crippen LogP contribution in [0.3, 0.4) is 0 Å². The summed E-state index contributed by atoms with van der Waals surface area (Å²) in [5.41, 5.74) is 5.25. The Labute approximate surface area is 188 Å². The van der Waals surface area contributed by atoms with Crippen LogP contribution in [0.5, 0.6) is 0 Å². The Bertz CT molecular complexity index is 1110. The van der Waals surface area contributed by atoms with Crippen LogP contribution in [-0.4, -0.2) is 17.5 Å². The van der Waals surface area contributed by atoms with Crippen molar-refractivity contribution < 1.29 is 9.59 Å². The molecule has 0 aliphatic rings. The van der Waals surface area contributed by atoms with Crippen LogP contribution in [0, 0.1) is 0 Å². The summed E-state index contributed by atoms with van der Waals surface area (Å²) in [6, 6.07) is 18.3. The number of anilines is 1. The average molecular weight is 461 g/mol. The molecule has 3 aromatic rings. The SMILES string of the molecule is CC(=NNC(=O)c1ccc(Cl)cc1Cl)c1ccc(NC(=O)c2ccc(Cl)cc2)cc1. The predicted molar refractivity (Wildman–Crippen MR) is 122 cm³/mol. The van der Waals surface area contributed by atoms with Gasteiger partial charge in [-0.25, -0.2) is 5.43 Å². The zero-order chi connectivity index (χ0) is 21.7. The lowest BCUT2D eigenvalue weighted by molar-refractivity contribution is 0.0954. The van der Waals surface area contributed by atoms with E-state index in [9.17, 15) is 9.59 Å². The lowest BCUT2D eigenvalue weighted by Gasteiger charge is -2.08. The van der Waals surface area contributed by atoms with Crippen molar-refractivity contribution in [3.63, 3.8) is 0 Å². The van der Waals surface area contributed by atoms with E-state index in [2.05, 4.69) is 15.8 Å². The molecule has 0 aliphatic heterocycles. The molecular weight excluding hydrogens is 445 g/mol. The third kappa shape index (κ3) is 5.60. The summed E-state index contributed by atoms with van der Waals surface area (Å²) < 4.78 is 0. The lowest BCUT2D eigenvalue weighted by Crippen LogP contribution is -2.19. The second kappa shape index (κ2) is 9.76. The Morgan fingerprint density at radius 1 is 0.767 bits per heavy atom. The second-order valence-corrected chi connectivity index (χ2v) is 7.58. The molecule has 0 unspecified atom stereocenters. The van der Waals surface area contributed by atoms with Gasteiger partial charge in [0, 0.05) is 21.3 Å². The van der Waals surface area contributed by atoms with Crippen LogP contribution in [0.2, 0.25) is 15.1 Å². The van der Waals surface area contributed by atoms with E-state index in [0.29, 0.717) is 27.0 Å². The molecule has 0 radical (unpaired) electrons. The van der Waals surface area contributed by atoms with Gasteiger partial charge in [-0.15, -0.1) is 0 Å². The van der Waals surface area contributed by atoms with Gasteiger partial charge in [-0.2, -0.15) is 5.10 Å². The first-order valence-electron chi connectivity index (χ1n) is 8.80. The molecule has 0 atom stereocenters. The topological polar surface area (TPSA) is 70.6 Å². The lowest BCUT2D eigenvalue weighted by atomic mass is 10.1. The summed E-state index contributed by atoms with van der Waals surface area (Å²) in [5.74, 6) is -0.681. The number of carbonyl (C=O) groups is 2. The van der Waals surface area contributed by atoms with Gasteiger partial charge in [0.05, 0.1) is 16.3 Å². The molecule has 3 aromatic carbocycles. The molecule has 5 nitrogen and oxygen atoms in total. The minimum absolute atomic E-state index is 0.239. The Hall–Kier alpha value is -2.86. The van der Waals surface area contributed by atoms with Crippen LogP contribution in [0.1, 0.15) is 33.2 Å². The van der Waals surface area contributed by atoms with Gasteiger partial charge in [-0.3, -0.25) is 9.59 Å². The van der Waals surface area contributed by atoms with Crippen molar-refractivity contribution in [2.24, 2.45) is 5.10 Å². The van der Waals surface area contributed by atoms with E-state index in [1.165, 1.54) is 12.1 Å². The van der Waals surface area contributed by atoms with E-state index >= 15 is 0 Å². The molecule has 0 saturated carbocycles. The highest BCUT2D eigenvalue weighted by molar-refractivity contribution is 6.36. The summed E-state index contributed by atoms with van der Waals surface area (Å²) in [6.07, 6.45) is 0. The van der Waals surface area contributed by atoms with Crippen LogP contribution in [-0.2, 0) is 0 Å². The number of nitrogens with zero attached hydrogens (tertiary/aromatic N) is 1. The number of nitrogens with one attached hydrogen (secondary N) is 2. The van der Waals surface area contributed by atoms with E-state index in [1.807, 2.05) is 0 Å². The van der Waals surface area contributed by atoms with E-state index in [4.69, 9.17) is 34.8 Å². The molecule has 2 amide bonds. The van der Waals surface area contributed by atoms with Crippen LogP contribution in [0.15, 0.2) is 71.8 Å². The molecule has 0 bridgehead atoms. The molecule has 0 spiro atoms. The molecule has 0 aromatic heterocycles. The summed E-state index contributed by atoms with van der Waals surface area (Å²) in [5, 5.41) is 8.17. The standard InChI is InChI=1S/C22H16Cl3N3O2/c1-13(27-28-22(30)19-11-8-17(24)12-20(19)25)14-4-9-18(10-5-14)26-21(29)15-2-6-16(23)7-3-15/h2-12H,1H3,(H,26,29)(H,28,30). The monoisotopic (exact) mass is 459 g/mol. The van der Waals surface area contributed by atoms with Crippen molar-refractivity contribution in [1.82, 2.24) is 5.43 Å². The first-order valence-corrected chi connectivity index (χ1v) is 9.94. The third-order valence-corrected chi connectivity index (χ3v) is 4.97. The zero-order valence-corrected chi connectivity index (χ0v) is 18.0. The van der Waals surface area contributed by atoms with Crippen LogP contribution < -0.4 is 10.7 Å². The van der Waals surface area contributed by atoms with Crippen molar-refractivity contribution in [1.29, 1.82) is 0 Å². The smallest absolute Gasteiger partial charge is 0.272 e. The van der Waals surface area contributed by atoms with Gasteiger partial charge in [-0.1, -0.05) is 46.9 Å². The minimum atomic E-state index is -0.442. The van der Waals surface area contributed by atoms with E-state index < -0.39 is 5.91 Å². The fraction of sp³-hybridized carbons (Fsp3) is 0.0455. The van der Waals surface area contributed by atoms with Crippen molar-refractivity contribution >= 4 is 58.0 Å². The van der Waals surface area contributed by atoms with E-state index in [1.54, 1.807) is 61.5 Å². The maximum atomic E-state index is 12.3. The van der Waals surface area contributed by atoms with E-state index in [-0.39, 0.29) is 16.5 Å². The number of hydrazone groups is 1. The number of hydrogen-bond donors (Lipinski definition) is 2. The normalized spacial score (nSPS) is 11.1. The Morgan fingerprint density at radius 2 is 1.37 bits per heavy atom. The summed E-state index contributed by atoms with van der Waals surface area (Å²) in [6.45, 7) is 1.76. The molecule has 152 valence electrons. The molecule has 30 heavy (non-hydrogen) atoms. The number of halogens is 3. The highest BCUT2D eigenvalue weighted by Gasteiger charge is 2.10. The quantitative estimate of drug-likeness (QED) is 0.359. The predicted octanol–water partition coefficient (Wildman–Crippen LogP) is 6.05. The first-order chi connectivity index (χ1) is 14.3. The summed E-state index contributed by atoms with van der Waals surface area (Å²) >= 11 is 17.7. The van der Waals surface area contributed by atoms with Crippen LogP contribution in [0.25, 0.3) is 0 Å². The van der Waals surface area contributed by atoms with Gasteiger partial charge in [-0.05, 0) is 67.1 Å². The third-order valence-electron chi connectivity index (χ3n) is 4.17. The molecule has 3 rings (SSSR count). The van der Waals surface area contributed by atoms with Gasteiger partial charge >= 0.3 is 0 Å². The highest BCUT2D eigenvalue weighted by atomic mass is 35.5. The summed E-state index contributed by atoms with van der Waals surface area (Å²) in [7, 11) is 0. The van der Waals surface area contributed by atoms with Crippen molar-refractivity contribution in [2.75, 3.05) is 5.32 Å². The van der Waals surface area contributed by atoms with Gasteiger partial charge in [0.1, 0.15) is 0 Å². The highest BCUT2D eigenvalue weighted by Crippen LogP contribution is 2.21. The van der Waals surface area contributed by atoms with Gasteiger partial charge in [0.25, 0.3) is 11.8 Å². The Kier molecular flexibility index (Phi) is 7.11. The van der Waals surface area contributed by atoms with Gasteiger partial charge in [0.2, 0.25) is 0 Å². The Balaban J connectivity index is 1.64. The van der Waals surface area contributed by atoms with E-state index in [0.717, 1.165) is 5.56 Å². The molecular formula is C22H16Cl3N3O2. The molecule has 0 heterocycles. The van der Waals surface area contributed by atoms with Crippen LogP contribution >= 0.6 is 34.8 Å². The van der Waals surface area contributed by atoms with Gasteiger partial charge < -0.3 is 5.32 Å². The minimum Gasteiger partial charge on any atom is -0.322 e. The average Bonchev–Trinajstić information content (AvgIpc) is 2.72.